The molecule has 1 aromatic heterocycles. The molecule has 44 heavy (non-hydrogen) atoms. The normalized spacial score (nSPS) is 24.2. The quantitative estimate of drug-likeness (QED) is 0.291. The van der Waals surface area contributed by atoms with E-state index in [-0.39, 0.29) is 11.9 Å². The van der Waals surface area contributed by atoms with E-state index in [1.54, 1.807) is 6.92 Å². The van der Waals surface area contributed by atoms with Crippen molar-refractivity contribution >= 4 is 39.3 Å². The van der Waals surface area contributed by atoms with Gasteiger partial charge < -0.3 is 9.80 Å². The monoisotopic (exact) mass is 682 g/mol. The molecule has 1 N–H and O–H groups in total. The zero-order valence-electron chi connectivity index (χ0n) is 26.6. The first-order valence-electron chi connectivity index (χ1n) is 16.7. The van der Waals surface area contributed by atoms with E-state index in [2.05, 4.69) is 62.7 Å². The standard InChI is InChI=1S/C35H48BrClN6O/c1-23(2)32-22-42(16-17-43(32)33(38)18-25-8-12-40(13-9-25)24(3)44)30-10-14-41(15-11-30)35-31-7-6-29(37)20-26(31)4-5-27-19-28(36)21-39-34(27)35/h6-7,19-21,23,25,30,32,35,38H,4-5,8-18,22H2,1-3H3. The summed E-state index contributed by atoms with van der Waals surface area (Å²) in [7, 11) is 0. The minimum Gasteiger partial charge on any atom is -0.355 e. The third-order valence-electron chi connectivity index (χ3n) is 10.8. The molecule has 7 nitrogen and oxygen atoms in total. The van der Waals surface area contributed by atoms with Crippen molar-refractivity contribution in [2.24, 2.45) is 11.8 Å². The molecule has 2 atom stereocenters. The molecule has 4 aliphatic rings. The van der Waals surface area contributed by atoms with Crippen molar-refractivity contribution in [2.45, 2.75) is 83.8 Å². The van der Waals surface area contributed by atoms with Crippen molar-refractivity contribution in [1.82, 2.24) is 24.6 Å². The molecule has 1 amide bonds. The maximum Gasteiger partial charge on any atom is 0.219 e. The van der Waals surface area contributed by atoms with Gasteiger partial charge in [-0.3, -0.25) is 25.0 Å². The molecule has 0 saturated carbocycles. The number of aryl methyl sites for hydroxylation is 2. The number of piperazine rings is 1. The van der Waals surface area contributed by atoms with Gasteiger partial charge >= 0.3 is 0 Å². The summed E-state index contributed by atoms with van der Waals surface area (Å²) in [5.41, 5.74) is 5.25. The summed E-state index contributed by atoms with van der Waals surface area (Å²) < 4.78 is 1.04. The lowest BCUT2D eigenvalue weighted by molar-refractivity contribution is -0.130. The lowest BCUT2D eigenvalue weighted by Gasteiger charge is -2.49. The summed E-state index contributed by atoms with van der Waals surface area (Å²) in [5.74, 6) is 2.00. The van der Waals surface area contributed by atoms with E-state index in [0.29, 0.717) is 23.9 Å². The molecule has 4 heterocycles. The molecule has 3 fully saturated rings. The first-order chi connectivity index (χ1) is 21.2. The van der Waals surface area contributed by atoms with Gasteiger partial charge in [-0.25, -0.2) is 0 Å². The number of hydrogen-bond acceptors (Lipinski definition) is 5. The summed E-state index contributed by atoms with van der Waals surface area (Å²) in [6, 6.07) is 9.82. The van der Waals surface area contributed by atoms with Gasteiger partial charge in [0.05, 0.1) is 17.6 Å². The molecule has 2 aromatic rings. The fourth-order valence-corrected chi connectivity index (χ4v) is 8.78. The maximum atomic E-state index is 11.7. The Morgan fingerprint density at radius 2 is 1.73 bits per heavy atom. The Balaban J connectivity index is 1.10. The number of carbonyl (C=O) groups excluding carboxylic acids is 1. The molecule has 0 radical (unpaired) electrons. The number of halogens is 2. The van der Waals surface area contributed by atoms with E-state index in [0.717, 1.165) is 106 Å². The third-order valence-corrected chi connectivity index (χ3v) is 11.4. The lowest BCUT2D eigenvalue weighted by atomic mass is 9.90. The topological polar surface area (TPSA) is 66.8 Å². The number of carbonyl (C=O) groups is 1. The van der Waals surface area contributed by atoms with E-state index in [1.807, 2.05) is 17.2 Å². The van der Waals surface area contributed by atoms with Crippen LogP contribution in [0.25, 0.3) is 0 Å². The fraction of sp³-hybridized carbons (Fsp3) is 0.629. The molecule has 0 bridgehead atoms. The van der Waals surface area contributed by atoms with Crippen LogP contribution < -0.4 is 0 Å². The molecule has 3 saturated heterocycles. The number of rotatable bonds is 5. The molecule has 6 rings (SSSR count). The zero-order chi connectivity index (χ0) is 31.0. The number of amidine groups is 1. The van der Waals surface area contributed by atoms with Gasteiger partial charge in [-0.15, -0.1) is 0 Å². The number of pyridine rings is 1. The Bertz CT molecular complexity index is 1300. The summed E-state index contributed by atoms with van der Waals surface area (Å²) in [5, 5.41) is 9.91. The average molecular weight is 684 g/mol. The molecule has 238 valence electrons. The van der Waals surface area contributed by atoms with E-state index >= 15 is 0 Å². The number of aromatic nitrogens is 1. The number of benzene rings is 1. The SMILES string of the molecule is CC(=O)N1CCC(CC(=N)N2CCN(C3CCN(C4c5ccc(Cl)cc5CCc5cc(Br)cnc54)CC3)CC2C(C)C)CC1. The number of nitrogens with one attached hydrogen (secondary N) is 1. The highest BCUT2D eigenvalue weighted by molar-refractivity contribution is 9.10. The van der Waals surface area contributed by atoms with Gasteiger partial charge in [0, 0.05) is 86.9 Å². The highest BCUT2D eigenvalue weighted by atomic mass is 79.9. The summed E-state index contributed by atoms with van der Waals surface area (Å²) >= 11 is 10.1. The first kappa shape index (κ1) is 32.0. The Morgan fingerprint density at radius 1 is 1.00 bits per heavy atom. The predicted molar refractivity (Wildman–Crippen MR) is 181 cm³/mol. The Morgan fingerprint density at radius 3 is 2.43 bits per heavy atom. The van der Waals surface area contributed by atoms with Gasteiger partial charge in [0.2, 0.25) is 5.91 Å². The van der Waals surface area contributed by atoms with Crippen molar-refractivity contribution in [3.8, 4) is 0 Å². The van der Waals surface area contributed by atoms with Crippen LogP contribution in [-0.2, 0) is 17.6 Å². The van der Waals surface area contributed by atoms with Crippen LogP contribution in [0.3, 0.4) is 0 Å². The molecular weight excluding hydrogens is 636 g/mol. The van der Waals surface area contributed by atoms with Gasteiger partial charge in [-0.2, -0.15) is 0 Å². The van der Waals surface area contributed by atoms with Crippen molar-refractivity contribution in [2.75, 3.05) is 45.8 Å². The van der Waals surface area contributed by atoms with Crippen LogP contribution in [0.4, 0.5) is 0 Å². The lowest BCUT2D eigenvalue weighted by Crippen LogP contribution is -2.60. The van der Waals surface area contributed by atoms with Gasteiger partial charge in [0.15, 0.2) is 0 Å². The van der Waals surface area contributed by atoms with Crippen LogP contribution in [0.2, 0.25) is 5.02 Å². The van der Waals surface area contributed by atoms with Crippen LogP contribution in [0.5, 0.6) is 0 Å². The number of hydrogen-bond donors (Lipinski definition) is 1. The molecule has 0 spiro atoms. The molecule has 1 aliphatic carbocycles. The highest BCUT2D eigenvalue weighted by Crippen LogP contribution is 2.39. The zero-order valence-corrected chi connectivity index (χ0v) is 28.9. The van der Waals surface area contributed by atoms with Gasteiger partial charge in [-0.05, 0) is 101 Å². The van der Waals surface area contributed by atoms with E-state index in [9.17, 15) is 4.79 Å². The summed E-state index contributed by atoms with van der Waals surface area (Å²) in [6.07, 6.45) is 9.11. The van der Waals surface area contributed by atoms with Crippen LogP contribution in [0.1, 0.15) is 81.3 Å². The minimum absolute atomic E-state index is 0.164. The Labute approximate surface area is 277 Å². The van der Waals surface area contributed by atoms with Crippen LogP contribution in [0, 0.1) is 17.2 Å². The van der Waals surface area contributed by atoms with Gasteiger partial charge in [0.25, 0.3) is 0 Å². The van der Waals surface area contributed by atoms with Gasteiger partial charge in [-0.1, -0.05) is 31.5 Å². The van der Waals surface area contributed by atoms with Crippen LogP contribution in [0.15, 0.2) is 34.9 Å². The largest absolute Gasteiger partial charge is 0.355 e. The first-order valence-corrected chi connectivity index (χ1v) is 17.8. The second-order valence-electron chi connectivity index (χ2n) is 13.8. The molecule has 2 unspecified atom stereocenters. The van der Waals surface area contributed by atoms with Crippen molar-refractivity contribution < 1.29 is 4.79 Å². The third kappa shape index (κ3) is 6.89. The smallest absolute Gasteiger partial charge is 0.219 e. The second-order valence-corrected chi connectivity index (χ2v) is 15.2. The number of fused-ring (bicyclic) bond motifs is 2. The molecule has 1 aromatic carbocycles. The predicted octanol–water partition coefficient (Wildman–Crippen LogP) is 6.42. The number of nitrogens with zero attached hydrogens (tertiary/aromatic N) is 5. The molecule has 3 aliphatic heterocycles. The van der Waals surface area contributed by atoms with E-state index in [4.69, 9.17) is 22.0 Å². The minimum atomic E-state index is 0.164. The Kier molecular flexibility index (Phi) is 10.0. The van der Waals surface area contributed by atoms with E-state index < -0.39 is 0 Å². The number of amides is 1. The average Bonchev–Trinajstić information content (AvgIpc) is 3.17. The van der Waals surface area contributed by atoms with Crippen molar-refractivity contribution in [3.05, 3.63) is 62.3 Å². The second kappa shape index (κ2) is 13.8. The molecule has 9 heteroatoms. The summed E-state index contributed by atoms with van der Waals surface area (Å²) in [6.45, 7) is 13.1. The number of likely N-dealkylation sites (tertiary alicyclic amines) is 2. The van der Waals surface area contributed by atoms with Crippen LogP contribution in [-0.4, -0.2) is 94.2 Å². The summed E-state index contributed by atoms with van der Waals surface area (Å²) in [4.78, 5) is 26.5. The maximum absolute atomic E-state index is 11.7. The van der Waals surface area contributed by atoms with E-state index in [1.165, 1.54) is 22.4 Å². The Hall–Kier alpha value is -2.00. The number of piperidine rings is 2. The molecular formula is C35H48BrClN6O. The van der Waals surface area contributed by atoms with Gasteiger partial charge in [0.1, 0.15) is 0 Å². The van der Waals surface area contributed by atoms with Crippen molar-refractivity contribution in [1.29, 1.82) is 5.41 Å². The van der Waals surface area contributed by atoms with Crippen LogP contribution >= 0.6 is 27.5 Å². The fourth-order valence-electron chi connectivity index (χ4n) is 8.20. The highest BCUT2D eigenvalue weighted by Gasteiger charge is 2.38. The van der Waals surface area contributed by atoms with Crippen molar-refractivity contribution in [3.63, 3.8) is 0 Å².